The van der Waals surface area contributed by atoms with Crippen LogP contribution in [0.1, 0.15) is 25.8 Å². The summed E-state index contributed by atoms with van der Waals surface area (Å²) in [7, 11) is 0. The van der Waals surface area contributed by atoms with E-state index in [0.29, 0.717) is 0 Å². The maximum Gasteiger partial charge on any atom is 0.0704 e. The van der Waals surface area contributed by atoms with Crippen LogP contribution in [0.25, 0.3) is 10.9 Å². The Bertz CT molecular complexity index is 486. The molecule has 2 heteroatoms. The second kappa shape index (κ2) is 6.50. The molecule has 0 aliphatic heterocycles. The molecule has 2 nitrogen and oxygen atoms in total. The molecule has 2 aromatic rings. The minimum absolute atomic E-state index is 0.728. The molecule has 18 heavy (non-hydrogen) atoms. The van der Waals surface area contributed by atoms with Crippen LogP contribution < -0.4 is 5.32 Å². The Labute approximate surface area is 109 Å². The van der Waals surface area contributed by atoms with Crippen molar-refractivity contribution in [2.75, 3.05) is 13.1 Å². The van der Waals surface area contributed by atoms with Crippen LogP contribution in [-0.2, 0) is 6.42 Å². The highest BCUT2D eigenvalue weighted by molar-refractivity contribution is 5.81. The molecular weight excluding hydrogens is 220 g/mol. The fourth-order valence-corrected chi connectivity index (χ4v) is 2.18. The first-order valence-corrected chi connectivity index (χ1v) is 6.80. The average Bonchev–Trinajstić information content (AvgIpc) is 2.38. The van der Waals surface area contributed by atoms with Crippen LogP contribution in [0.4, 0.5) is 0 Å². The van der Waals surface area contributed by atoms with E-state index in [1.54, 1.807) is 0 Å². The molecule has 0 fully saturated rings. The smallest absolute Gasteiger partial charge is 0.0704 e. The molecule has 0 atom stereocenters. The van der Waals surface area contributed by atoms with Gasteiger partial charge in [0.05, 0.1) is 5.52 Å². The second-order valence-electron chi connectivity index (χ2n) is 5.19. The molecule has 1 aromatic carbocycles. The van der Waals surface area contributed by atoms with Gasteiger partial charge in [-0.25, -0.2) is 0 Å². The van der Waals surface area contributed by atoms with Crippen molar-refractivity contribution in [2.45, 2.75) is 26.7 Å². The second-order valence-corrected chi connectivity index (χ2v) is 5.19. The molecule has 0 unspecified atom stereocenters. The summed E-state index contributed by atoms with van der Waals surface area (Å²) in [6.07, 6.45) is 4.16. The molecule has 2 rings (SSSR count). The van der Waals surface area contributed by atoms with Crippen LogP contribution in [-0.4, -0.2) is 18.1 Å². The van der Waals surface area contributed by atoms with Crippen LogP contribution in [0, 0.1) is 5.92 Å². The van der Waals surface area contributed by atoms with Crippen molar-refractivity contribution >= 4 is 10.9 Å². The minimum Gasteiger partial charge on any atom is -0.316 e. The van der Waals surface area contributed by atoms with Crippen molar-refractivity contribution in [3.63, 3.8) is 0 Å². The number of hydrogen-bond acceptors (Lipinski definition) is 2. The summed E-state index contributed by atoms with van der Waals surface area (Å²) >= 11 is 0. The molecule has 0 aliphatic carbocycles. The zero-order chi connectivity index (χ0) is 12.8. The summed E-state index contributed by atoms with van der Waals surface area (Å²) < 4.78 is 0. The van der Waals surface area contributed by atoms with E-state index in [-0.39, 0.29) is 0 Å². The van der Waals surface area contributed by atoms with Crippen LogP contribution in [0.2, 0.25) is 0 Å². The van der Waals surface area contributed by atoms with Gasteiger partial charge in [-0.3, -0.25) is 4.98 Å². The van der Waals surface area contributed by atoms with E-state index in [2.05, 4.69) is 48.4 Å². The summed E-state index contributed by atoms with van der Waals surface area (Å²) in [4.78, 5) is 4.39. The van der Waals surface area contributed by atoms with Gasteiger partial charge < -0.3 is 5.32 Å². The van der Waals surface area contributed by atoms with Crippen molar-refractivity contribution in [1.82, 2.24) is 10.3 Å². The van der Waals surface area contributed by atoms with Crippen molar-refractivity contribution in [3.8, 4) is 0 Å². The van der Waals surface area contributed by atoms with Gasteiger partial charge in [0.1, 0.15) is 0 Å². The van der Waals surface area contributed by atoms with Crippen molar-refractivity contribution in [1.29, 1.82) is 0 Å². The topological polar surface area (TPSA) is 24.9 Å². The third-order valence-electron chi connectivity index (χ3n) is 3.09. The van der Waals surface area contributed by atoms with Crippen LogP contribution in [0.5, 0.6) is 0 Å². The normalized spacial score (nSPS) is 11.3. The van der Waals surface area contributed by atoms with Crippen LogP contribution >= 0.6 is 0 Å². The molecule has 0 aliphatic rings. The molecule has 0 radical (unpaired) electrons. The van der Waals surface area contributed by atoms with Gasteiger partial charge in [0.25, 0.3) is 0 Å². The van der Waals surface area contributed by atoms with Gasteiger partial charge in [-0.2, -0.15) is 0 Å². The van der Waals surface area contributed by atoms with Crippen LogP contribution in [0.3, 0.4) is 0 Å². The monoisotopic (exact) mass is 242 g/mol. The van der Waals surface area contributed by atoms with Crippen LogP contribution in [0.15, 0.2) is 36.5 Å². The highest BCUT2D eigenvalue weighted by atomic mass is 14.8. The van der Waals surface area contributed by atoms with E-state index in [1.807, 2.05) is 12.3 Å². The van der Waals surface area contributed by atoms with E-state index >= 15 is 0 Å². The largest absolute Gasteiger partial charge is 0.316 e. The Kier molecular flexibility index (Phi) is 4.71. The summed E-state index contributed by atoms with van der Waals surface area (Å²) in [6.45, 7) is 6.68. The predicted molar refractivity (Wildman–Crippen MR) is 77.8 cm³/mol. The fraction of sp³-hybridized carbons (Fsp3) is 0.438. The van der Waals surface area contributed by atoms with E-state index in [0.717, 1.165) is 30.9 Å². The first kappa shape index (κ1) is 13.0. The molecule has 0 saturated carbocycles. The SMILES string of the molecule is CC(C)CNCCCc1cccc2ncccc12. The highest BCUT2D eigenvalue weighted by Crippen LogP contribution is 2.17. The van der Waals surface area contributed by atoms with Gasteiger partial charge >= 0.3 is 0 Å². The Morgan fingerprint density at radius 1 is 1.17 bits per heavy atom. The van der Waals surface area contributed by atoms with Gasteiger partial charge in [-0.1, -0.05) is 32.0 Å². The lowest BCUT2D eigenvalue weighted by Gasteiger charge is -2.08. The molecule has 96 valence electrons. The molecule has 0 bridgehead atoms. The number of benzene rings is 1. The summed E-state index contributed by atoms with van der Waals surface area (Å²) in [5.74, 6) is 0.728. The zero-order valence-electron chi connectivity index (χ0n) is 11.3. The van der Waals surface area contributed by atoms with E-state index in [4.69, 9.17) is 0 Å². The molecule has 1 heterocycles. The maximum atomic E-state index is 4.39. The Morgan fingerprint density at radius 2 is 2.06 bits per heavy atom. The lowest BCUT2D eigenvalue weighted by molar-refractivity contribution is 0.543. The molecule has 0 spiro atoms. The predicted octanol–water partition coefficient (Wildman–Crippen LogP) is 3.41. The van der Waals surface area contributed by atoms with Crippen molar-refractivity contribution in [2.24, 2.45) is 5.92 Å². The Balaban J connectivity index is 1.91. The highest BCUT2D eigenvalue weighted by Gasteiger charge is 2.00. The number of pyridine rings is 1. The first-order valence-electron chi connectivity index (χ1n) is 6.80. The molecule has 0 amide bonds. The first-order chi connectivity index (χ1) is 8.77. The van der Waals surface area contributed by atoms with Crippen molar-refractivity contribution in [3.05, 3.63) is 42.1 Å². The number of nitrogens with zero attached hydrogens (tertiary/aromatic N) is 1. The van der Waals surface area contributed by atoms with Gasteiger partial charge in [-0.05, 0) is 49.5 Å². The number of rotatable bonds is 6. The van der Waals surface area contributed by atoms with Gasteiger partial charge in [0.2, 0.25) is 0 Å². The number of aromatic nitrogens is 1. The molecule has 1 N–H and O–H groups in total. The standard InChI is InChI=1S/C16H22N2/c1-13(2)12-17-10-4-7-14-6-3-9-16-15(14)8-5-11-18-16/h3,5-6,8-9,11,13,17H,4,7,10,12H2,1-2H3. The lowest BCUT2D eigenvalue weighted by atomic mass is 10.0. The van der Waals surface area contributed by atoms with Crippen molar-refractivity contribution < 1.29 is 0 Å². The molecule has 0 saturated heterocycles. The molecular formula is C16H22N2. The van der Waals surface area contributed by atoms with E-state index < -0.39 is 0 Å². The van der Waals surface area contributed by atoms with Gasteiger partial charge in [0.15, 0.2) is 0 Å². The number of aryl methyl sites for hydroxylation is 1. The number of fused-ring (bicyclic) bond motifs is 1. The molecule has 1 aromatic heterocycles. The third kappa shape index (κ3) is 3.54. The zero-order valence-corrected chi connectivity index (χ0v) is 11.3. The number of nitrogens with one attached hydrogen (secondary N) is 1. The average molecular weight is 242 g/mol. The lowest BCUT2D eigenvalue weighted by Crippen LogP contribution is -2.21. The third-order valence-corrected chi connectivity index (χ3v) is 3.09. The van der Waals surface area contributed by atoms with Gasteiger partial charge in [0, 0.05) is 11.6 Å². The quantitative estimate of drug-likeness (QED) is 0.785. The minimum atomic E-state index is 0.728. The Hall–Kier alpha value is -1.41. The summed E-state index contributed by atoms with van der Waals surface area (Å²) in [5.41, 5.74) is 2.51. The van der Waals surface area contributed by atoms with E-state index in [1.165, 1.54) is 17.4 Å². The summed E-state index contributed by atoms with van der Waals surface area (Å²) in [6, 6.07) is 10.6. The maximum absolute atomic E-state index is 4.39. The number of hydrogen-bond donors (Lipinski definition) is 1. The Morgan fingerprint density at radius 3 is 2.89 bits per heavy atom. The van der Waals surface area contributed by atoms with E-state index in [9.17, 15) is 0 Å². The van der Waals surface area contributed by atoms with Gasteiger partial charge in [-0.15, -0.1) is 0 Å². The summed E-state index contributed by atoms with van der Waals surface area (Å²) in [5, 5.41) is 4.78. The fourth-order valence-electron chi connectivity index (χ4n) is 2.18.